The molecule has 0 aliphatic heterocycles. The van der Waals surface area contributed by atoms with Gasteiger partial charge in [-0.3, -0.25) is 25.2 Å². The number of hydrogen-bond donors (Lipinski definition) is 3. The molecular weight excluding hydrogens is 398 g/mol. The number of carbonyl (C=O) groups is 4. The van der Waals surface area contributed by atoms with Gasteiger partial charge in [0.15, 0.2) is 12.4 Å². The minimum absolute atomic E-state index is 0.0173. The predicted molar refractivity (Wildman–Crippen MR) is 103 cm³/mol. The molecule has 3 aromatic rings. The van der Waals surface area contributed by atoms with Crippen molar-refractivity contribution in [2.45, 2.75) is 0 Å². The van der Waals surface area contributed by atoms with Gasteiger partial charge in [0, 0.05) is 5.69 Å². The van der Waals surface area contributed by atoms with Crippen molar-refractivity contribution in [3.05, 3.63) is 76.4 Å². The molecule has 2 heterocycles. The molecule has 0 bridgehead atoms. The summed E-state index contributed by atoms with van der Waals surface area (Å²) in [4.78, 5) is 48.1. The minimum atomic E-state index is -0.760. The molecule has 9 nitrogen and oxygen atoms in total. The summed E-state index contributed by atoms with van der Waals surface area (Å²) in [5, 5.41) is 4.46. The molecule has 1 aromatic carbocycles. The lowest BCUT2D eigenvalue weighted by molar-refractivity contribution is -0.125. The first-order valence-electron chi connectivity index (χ1n) is 8.27. The second-order valence-electron chi connectivity index (χ2n) is 5.57. The highest BCUT2D eigenvalue weighted by Gasteiger charge is 2.14. The van der Waals surface area contributed by atoms with Crippen LogP contribution in [0.2, 0.25) is 0 Å². The monoisotopic (exact) mass is 413 g/mol. The van der Waals surface area contributed by atoms with Crippen molar-refractivity contribution >= 4 is 40.7 Å². The van der Waals surface area contributed by atoms with Gasteiger partial charge in [-0.05, 0) is 41.8 Å². The second-order valence-corrected chi connectivity index (χ2v) is 6.52. The number of carbonyl (C=O) groups excluding carboxylic acids is 4. The molecule has 10 heteroatoms. The van der Waals surface area contributed by atoms with Gasteiger partial charge in [0.05, 0.1) is 16.7 Å². The lowest BCUT2D eigenvalue weighted by Gasteiger charge is -2.08. The summed E-state index contributed by atoms with van der Waals surface area (Å²) >= 11 is 1.29. The van der Waals surface area contributed by atoms with Crippen molar-refractivity contribution in [1.29, 1.82) is 0 Å². The lowest BCUT2D eigenvalue weighted by Crippen LogP contribution is -2.43. The van der Waals surface area contributed by atoms with Crippen molar-refractivity contribution < 1.29 is 28.3 Å². The second kappa shape index (κ2) is 9.33. The first kappa shape index (κ1) is 19.8. The smallest absolute Gasteiger partial charge is 0.338 e. The molecule has 0 spiro atoms. The third-order valence-electron chi connectivity index (χ3n) is 3.50. The van der Waals surface area contributed by atoms with Crippen molar-refractivity contribution in [2.24, 2.45) is 0 Å². The zero-order valence-corrected chi connectivity index (χ0v) is 15.7. The Kier molecular flexibility index (Phi) is 6.38. The van der Waals surface area contributed by atoms with Gasteiger partial charge in [-0.25, -0.2) is 4.79 Å². The third kappa shape index (κ3) is 5.53. The lowest BCUT2D eigenvalue weighted by atomic mass is 10.2. The Bertz CT molecular complexity index is 1010. The normalized spacial score (nSPS) is 10.1. The average molecular weight is 413 g/mol. The van der Waals surface area contributed by atoms with E-state index in [-0.39, 0.29) is 17.2 Å². The van der Waals surface area contributed by atoms with E-state index in [0.717, 1.165) is 0 Å². The first-order valence-corrected chi connectivity index (χ1v) is 9.15. The van der Waals surface area contributed by atoms with Crippen LogP contribution in [0.25, 0.3) is 0 Å². The number of furan rings is 1. The number of ether oxygens (including phenoxy) is 1. The van der Waals surface area contributed by atoms with Gasteiger partial charge in [-0.15, -0.1) is 11.3 Å². The first-order chi connectivity index (χ1) is 14.0. The zero-order chi connectivity index (χ0) is 20.6. The summed E-state index contributed by atoms with van der Waals surface area (Å²) in [7, 11) is 0. The van der Waals surface area contributed by atoms with Crippen LogP contribution in [0.3, 0.4) is 0 Å². The molecule has 0 fully saturated rings. The van der Waals surface area contributed by atoms with Gasteiger partial charge in [-0.2, -0.15) is 0 Å². The number of nitrogens with one attached hydrogen (secondary N) is 3. The Morgan fingerprint density at radius 1 is 0.966 bits per heavy atom. The molecule has 0 saturated heterocycles. The molecule has 3 N–H and O–H groups in total. The fraction of sp³-hybridized carbons (Fsp3) is 0.0526. The summed E-state index contributed by atoms with van der Waals surface area (Å²) in [5.74, 6) is -2.42. The van der Waals surface area contributed by atoms with Crippen LogP contribution in [0.15, 0.2) is 64.6 Å². The van der Waals surface area contributed by atoms with Crippen LogP contribution in [0.1, 0.15) is 30.6 Å². The summed E-state index contributed by atoms with van der Waals surface area (Å²) in [6, 6.07) is 12.5. The van der Waals surface area contributed by atoms with Crippen molar-refractivity contribution in [3.8, 4) is 0 Å². The van der Waals surface area contributed by atoms with Crippen LogP contribution >= 0.6 is 11.3 Å². The molecule has 0 saturated carbocycles. The number of anilines is 1. The quantitative estimate of drug-likeness (QED) is 0.420. The number of amides is 3. The molecule has 0 unspecified atom stereocenters. The Morgan fingerprint density at radius 3 is 2.55 bits per heavy atom. The largest absolute Gasteiger partial charge is 0.459 e. The van der Waals surface area contributed by atoms with Gasteiger partial charge >= 0.3 is 11.9 Å². The topological polar surface area (TPSA) is 127 Å². The molecular formula is C19H15N3O6S. The van der Waals surface area contributed by atoms with E-state index < -0.39 is 24.4 Å². The Morgan fingerprint density at radius 2 is 1.83 bits per heavy atom. The van der Waals surface area contributed by atoms with Crippen LogP contribution in [-0.2, 0) is 9.53 Å². The predicted octanol–water partition coefficient (Wildman–Crippen LogP) is 2.21. The summed E-state index contributed by atoms with van der Waals surface area (Å²) < 4.78 is 9.78. The van der Waals surface area contributed by atoms with Gasteiger partial charge in [0.2, 0.25) is 0 Å². The van der Waals surface area contributed by atoms with Crippen LogP contribution in [-0.4, -0.2) is 30.3 Å². The van der Waals surface area contributed by atoms with Crippen molar-refractivity contribution in [1.82, 2.24) is 10.9 Å². The van der Waals surface area contributed by atoms with E-state index >= 15 is 0 Å². The molecule has 2 aromatic heterocycles. The van der Waals surface area contributed by atoms with Gasteiger partial charge in [0.25, 0.3) is 11.8 Å². The standard InChI is InChI=1S/C19H15N3O6S/c23-16(21-22-17(24)14-6-2-8-27-14)11-28-19(26)12-4-1-5-13(10-12)20-18(25)15-7-3-9-29-15/h1-10H,11H2,(H,20,25)(H,21,23)(H,22,24). The van der Waals surface area contributed by atoms with Crippen LogP contribution in [0, 0.1) is 0 Å². The maximum atomic E-state index is 12.1. The fourth-order valence-electron chi connectivity index (χ4n) is 2.17. The fourth-order valence-corrected chi connectivity index (χ4v) is 2.79. The number of thiophene rings is 1. The number of benzene rings is 1. The number of hydrogen-bond acceptors (Lipinski definition) is 7. The molecule has 3 amide bonds. The Balaban J connectivity index is 1.48. The summed E-state index contributed by atoms with van der Waals surface area (Å²) in [6.45, 7) is -0.608. The molecule has 0 aliphatic rings. The summed E-state index contributed by atoms with van der Waals surface area (Å²) in [5.41, 5.74) is 4.79. The van der Waals surface area contributed by atoms with Crippen LogP contribution < -0.4 is 16.2 Å². The number of hydrazine groups is 1. The van der Waals surface area contributed by atoms with Gasteiger partial charge in [-0.1, -0.05) is 12.1 Å². The SMILES string of the molecule is O=C(COC(=O)c1cccc(NC(=O)c2cccs2)c1)NNC(=O)c1ccco1. The van der Waals surface area contributed by atoms with E-state index in [1.54, 1.807) is 29.6 Å². The maximum Gasteiger partial charge on any atom is 0.338 e. The van der Waals surface area contributed by atoms with E-state index in [1.807, 2.05) is 0 Å². The van der Waals surface area contributed by atoms with E-state index in [0.29, 0.717) is 10.6 Å². The highest BCUT2D eigenvalue weighted by atomic mass is 32.1. The van der Waals surface area contributed by atoms with Gasteiger partial charge < -0.3 is 14.5 Å². The maximum absolute atomic E-state index is 12.1. The highest BCUT2D eigenvalue weighted by molar-refractivity contribution is 7.12. The Labute approximate surface area is 168 Å². The van der Waals surface area contributed by atoms with E-state index in [9.17, 15) is 19.2 Å². The zero-order valence-electron chi connectivity index (χ0n) is 14.8. The molecule has 0 radical (unpaired) electrons. The van der Waals surface area contributed by atoms with E-state index in [2.05, 4.69) is 16.2 Å². The Hall–Kier alpha value is -3.92. The van der Waals surface area contributed by atoms with Crippen LogP contribution in [0.5, 0.6) is 0 Å². The molecule has 0 aliphatic carbocycles. The average Bonchev–Trinajstić information content (AvgIpc) is 3.44. The molecule has 0 atom stereocenters. The number of rotatable bonds is 6. The third-order valence-corrected chi connectivity index (χ3v) is 4.36. The molecule has 29 heavy (non-hydrogen) atoms. The summed E-state index contributed by atoms with van der Waals surface area (Å²) in [6.07, 6.45) is 1.31. The van der Waals surface area contributed by atoms with Crippen molar-refractivity contribution in [3.63, 3.8) is 0 Å². The van der Waals surface area contributed by atoms with E-state index in [4.69, 9.17) is 9.15 Å². The number of esters is 1. The van der Waals surface area contributed by atoms with Crippen molar-refractivity contribution in [2.75, 3.05) is 11.9 Å². The van der Waals surface area contributed by atoms with Gasteiger partial charge in [0.1, 0.15) is 0 Å². The highest BCUT2D eigenvalue weighted by Crippen LogP contribution is 2.15. The molecule has 148 valence electrons. The molecule has 3 rings (SSSR count). The van der Waals surface area contributed by atoms with Crippen LogP contribution in [0.4, 0.5) is 5.69 Å². The minimum Gasteiger partial charge on any atom is -0.459 e. The van der Waals surface area contributed by atoms with E-state index in [1.165, 1.54) is 41.9 Å².